The maximum Gasteiger partial charge on any atom is 0.485 e. The first-order chi connectivity index (χ1) is 10.1. The Balaban J connectivity index is 0.000000261. The average Bonchev–Trinajstić information content (AvgIpc) is 2.79. The summed E-state index contributed by atoms with van der Waals surface area (Å²) in [5, 5.41) is 4.21. The molecule has 22 heavy (non-hydrogen) atoms. The molecular formula is C11H11ClF3N3O3S. The molecule has 122 valence electrons. The molecule has 1 aromatic carbocycles. The van der Waals surface area contributed by atoms with Crippen molar-refractivity contribution in [2.45, 2.75) is 11.5 Å². The average molecular weight is 358 g/mol. The zero-order valence-corrected chi connectivity index (χ0v) is 12.7. The van der Waals surface area contributed by atoms with Crippen molar-refractivity contribution in [3.8, 4) is 11.3 Å². The molecule has 0 unspecified atom stereocenters. The molecule has 0 fully saturated rings. The fourth-order valence-corrected chi connectivity index (χ4v) is 1.52. The summed E-state index contributed by atoms with van der Waals surface area (Å²) in [5.74, 6) is 0. The van der Waals surface area contributed by atoms with Crippen molar-refractivity contribution in [3.63, 3.8) is 0 Å². The molecule has 1 heterocycles. The Morgan fingerprint density at radius 3 is 2.18 bits per heavy atom. The Bertz CT molecular complexity index is 717. The molecule has 6 nitrogen and oxygen atoms in total. The van der Waals surface area contributed by atoms with Crippen molar-refractivity contribution in [1.29, 1.82) is 0 Å². The first-order valence-corrected chi connectivity index (χ1v) is 7.58. The predicted octanol–water partition coefficient (Wildman–Crippen LogP) is 1.62. The first kappa shape index (κ1) is 18.4. The molecule has 2 rings (SSSR count). The summed E-state index contributed by atoms with van der Waals surface area (Å²) < 4.78 is 62.4. The molecule has 0 amide bonds. The third kappa shape index (κ3) is 4.97. The molecule has 2 aromatic rings. The Kier molecular flexibility index (Phi) is 5.92. The van der Waals surface area contributed by atoms with Crippen LogP contribution in [0.25, 0.3) is 11.3 Å². The molecule has 0 radical (unpaired) electrons. The SMILES string of the molecule is Cn1n[n+](CCl)cc1-c1ccccc1.O=S(=O)([O-])C(F)(F)F. The molecule has 0 N–H and O–H groups in total. The van der Waals surface area contributed by atoms with Gasteiger partial charge in [-0.2, -0.15) is 13.2 Å². The minimum Gasteiger partial charge on any atom is -0.741 e. The van der Waals surface area contributed by atoms with Crippen molar-refractivity contribution in [1.82, 2.24) is 9.90 Å². The van der Waals surface area contributed by atoms with E-state index < -0.39 is 15.6 Å². The van der Waals surface area contributed by atoms with Gasteiger partial charge >= 0.3 is 5.51 Å². The zero-order chi connectivity index (χ0) is 17.0. The van der Waals surface area contributed by atoms with Crippen molar-refractivity contribution >= 4 is 21.7 Å². The van der Waals surface area contributed by atoms with Crippen molar-refractivity contribution in [3.05, 3.63) is 36.5 Å². The minimum atomic E-state index is -6.09. The standard InChI is InChI=1S/C10H11ClN3.CHF3O3S/c1-13-10(7-14(8-11)12-13)9-5-3-2-4-6-9;2-1(3,4)8(5,6)7/h2-7H,8H2,1H3;(H,5,6,7)/q+1;/p-1. The summed E-state index contributed by atoms with van der Waals surface area (Å²) in [6.45, 7) is 0. The van der Waals surface area contributed by atoms with Gasteiger partial charge in [-0.05, 0) is 0 Å². The van der Waals surface area contributed by atoms with Crippen LogP contribution in [0, 0.1) is 0 Å². The summed E-state index contributed by atoms with van der Waals surface area (Å²) in [7, 11) is -4.18. The van der Waals surface area contributed by atoms with Crippen LogP contribution in [0.4, 0.5) is 13.2 Å². The monoisotopic (exact) mass is 357 g/mol. The highest BCUT2D eigenvalue weighted by molar-refractivity contribution is 7.86. The van der Waals surface area contributed by atoms with E-state index in [1.54, 1.807) is 4.68 Å². The normalized spacial score (nSPS) is 11.7. The summed E-state index contributed by atoms with van der Waals surface area (Å²) in [6.07, 6.45) is 1.93. The van der Waals surface area contributed by atoms with Gasteiger partial charge < -0.3 is 4.55 Å². The Morgan fingerprint density at radius 2 is 1.82 bits per heavy atom. The lowest BCUT2D eigenvalue weighted by molar-refractivity contribution is -0.738. The van der Waals surface area contributed by atoms with E-state index in [0.29, 0.717) is 6.00 Å². The van der Waals surface area contributed by atoms with Crippen LogP contribution in [-0.2, 0) is 23.2 Å². The number of nitrogens with zero attached hydrogens (tertiary/aromatic N) is 3. The van der Waals surface area contributed by atoms with Gasteiger partial charge in [-0.3, -0.25) is 0 Å². The largest absolute Gasteiger partial charge is 0.741 e. The van der Waals surface area contributed by atoms with Crippen molar-refractivity contribution in [2.24, 2.45) is 7.05 Å². The second kappa shape index (κ2) is 7.07. The number of aromatic nitrogens is 3. The Hall–Kier alpha value is -1.65. The lowest BCUT2D eigenvalue weighted by Gasteiger charge is -2.08. The van der Waals surface area contributed by atoms with E-state index >= 15 is 0 Å². The number of hydrogen-bond donors (Lipinski definition) is 0. The highest BCUT2D eigenvalue weighted by atomic mass is 35.5. The van der Waals surface area contributed by atoms with Gasteiger partial charge in [0.05, 0.1) is 5.21 Å². The van der Waals surface area contributed by atoms with Crippen molar-refractivity contribution < 1.29 is 30.8 Å². The van der Waals surface area contributed by atoms with Gasteiger partial charge in [0.25, 0.3) is 0 Å². The van der Waals surface area contributed by atoms with Gasteiger partial charge in [-0.1, -0.05) is 41.9 Å². The number of benzene rings is 1. The van der Waals surface area contributed by atoms with Crippen LogP contribution in [0.5, 0.6) is 0 Å². The minimum absolute atomic E-state index is 0.376. The van der Waals surface area contributed by atoms with E-state index in [-0.39, 0.29) is 0 Å². The van der Waals surface area contributed by atoms with Crippen LogP contribution >= 0.6 is 11.6 Å². The fraction of sp³-hybridized carbons (Fsp3) is 0.273. The lowest BCUT2D eigenvalue weighted by atomic mass is 10.2. The second-order valence-electron chi connectivity index (χ2n) is 3.95. The molecule has 0 aliphatic rings. The molecule has 0 bridgehead atoms. The lowest BCUT2D eigenvalue weighted by Crippen LogP contribution is -2.33. The van der Waals surface area contributed by atoms with E-state index in [9.17, 15) is 13.2 Å². The highest BCUT2D eigenvalue weighted by Crippen LogP contribution is 2.20. The second-order valence-corrected chi connectivity index (χ2v) is 5.56. The molecule has 0 saturated heterocycles. The van der Waals surface area contributed by atoms with Gasteiger partial charge in [0.1, 0.15) is 7.05 Å². The van der Waals surface area contributed by atoms with Crippen LogP contribution in [0.3, 0.4) is 0 Å². The molecule has 11 heteroatoms. The van der Waals surface area contributed by atoms with E-state index in [0.717, 1.165) is 11.3 Å². The number of alkyl halides is 4. The van der Waals surface area contributed by atoms with Gasteiger partial charge in [-0.25, -0.2) is 8.42 Å². The zero-order valence-electron chi connectivity index (χ0n) is 11.2. The van der Waals surface area contributed by atoms with Crippen LogP contribution < -0.4 is 4.68 Å². The van der Waals surface area contributed by atoms with E-state index in [4.69, 9.17) is 24.6 Å². The summed E-state index contributed by atoms with van der Waals surface area (Å²) in [4.78, 5) is 0. The quantitative estimate of drug-likeness (QED) is 0.354. The van der Waals surface area contributed by atoms with Gasteiger partial charge in [0, 0.05) is 5.56 Å². The van der Waals surface area contributed by atoms with Crippen LogP contribution in [0.15, 0.2) is 36.5 Å². The molecule has 0 aliphatic heterocycles. The van der Waals surface area contributed by atoms with Crippen LogP contribution in [0.1, 0.15) is 0 Å². The molecule has 0 saturated carbocycles. The molecule has 0 aliphatic carbocycles. The number of hydrogen-bond acceptors (Lipinski definition) is 4. The Labute approximate surface area is 129 Å². The molecular weight excluding hydrogens is 347 g/mol. The topological polar surface area (TPSA) is 78.9 Å². The van der Waals surface area contributed by atoms with E-state index in [2.05, 4.69) is 17.3 Å². The summed E-state index contributed by atoms with van der Waals surface area (Å²) in [6, 6.07) is 10.5. The van der Waals surface area contributed by atoms with Crippen LogP contribution in [-0.4, -0.2) is 28.4 Å². The number of halogens is 4. The maximum absolute atomic E-state index is 10.7. The van der Waals surface area contributed by atoms with Gasteiger partial charge in [-0.15, -0.1) is 9.36 Å². The summed E-state index contributed by atoms with van der Waals surface area (Å²) in [5.41, 5.74) is -3.44. The fourth-order valence-electron chi connectivity index (χ4n) is 1.40. The highest BCUT2D eigenvalue weighted by Gasteiger charge is 2.36. The van der Waals surface area contributed by atoms with Crippen molar-refractivity contribution in [2.75, 3.05) is 0 Å². The molecule has 1 aromatic heterocycles. The Morgan fingerprint density at radius 1 is 1.32 bits per heavy atom. The number of rotatable bonds is 2. The van der Waals surface area contributed by atoms with Gasteiger partial charge in [0.2, 0.25) is 0 Å². The van der Waals surface area contributed by atoms with E-state index in [1.165, 1.54) is 0 Å². The third-order valence-electron chi connectivity index (χ3n) is 2.34. The molecule has 0 atom stereocenters. The van der Waals surface area contributed by atoms with Crippen LogP contribution in [0.2, 0.25) is 0 Å². The van der Waals surface area contributed by atoms with E-state index in [1.807, 2.05) is 36.1 Å². The van der Waals surface area contributed by atoms with Gasteiger partial charge in [0.15, 0.2) is 28.0 Å². The smallest absolute Gasteiger partial charge is 0.485 e. The third-order valence-corrected chi connectivity index (χ3v) is 3.16. The summed E-state index contributed by atoms with van der Waals surface area (Å²) >= 11 is 5.69. The number of aryl methyl sites for hydroxylation is 1. The first-order valence-electron chi connectivity index (χ1n) is 5.63. The predicted molar refractivity (Wildman–Crippen MR) is 70.4 cm³/mol. The maximum atomic E-state index is 10.7. The molecule has 0 spiro atoms.